The van der Waals surface area contributed by atoms with Crippen LogP contribution in [0.1, 0.15) is 44.9 Å². The first-order valence-corrected chi connectivity index (χ1v) is 12.5. The molecule has 0 radical (unpaired) electrons. The zero-order chi connectivity index (χ0) is 22.8. The average molecular weight is 492 g/mol. The second-order valence-electron chi connectivity index (χ2n) is 9.80. The Morgan fingerprint density at radius 1 is 0.912 bits per heavy atom. The summed E-state index contributed by atoms with van der Waals surface area (Å²) in [5.74, 6) is 0.303. The number of benzene rings is 1. The number of likely N-dealkylation sites (tertiary alicyclic amines) is 1. The van der Waals surface area contributed by atoms with Gasteiger partial charge in [-0.1, -0.05) is 12.2 Å². The molecule has 0 bridgehead atoms. The van der Waals surface area contributed by atoms with Crippen molar-refractivity contribution in [1.82, 2.24) is 9.80 Å². The maximum Gasteiger partial charge on any atom is 0.233 e. The minimum atomic E-state index is -0.234. The number of anilines is 1. The number of nitrogens with zero attached hydrogens (tertiary/aromatic N) is 3. The summed E-state index contributed by atoms with van der Waals surface area (Å²) >= 11 is 0. The number of amides is 2. The van der Waals surface area contributed by atoms with E-state index in [0.29, 0.717) is 19.4 Å². The molecule has 1 saturated carbocycles. The van der Waals surface area contributed by atoms with Gasteiger partial charge in [-0.05, 0) is 63.6 Å². The molecule has 4 aliphatic rings. The summed E-state index contributed by atoms with van der Waals surface area (Å²) in [7, 11) is 0. The minimum absolute atomic E-state index is 0. The SMILES string of the molecule is Cl.O=C1C2CC=CCC2C(=O)N1CCCN1CCN(c2cc(F)ccc2OC2CCCC2)CC1. The Balaban J connectivity index is 0.00000274. The number of carbonyl (C=O) groups excluding carboxylic acids is 2. The topological polar surface area (TPSA) is 53.1 Å². The number of fused-ring (bicyclic) bond motifs is 1. The molecular formula is C26H35ClFN3O3. The van der Waals surface area contributed by atoms with E-state index >= 15 is 0 Å². The first kappa shape index (κ1) is 25.0. The predicted octanol–water partition coefficient (Wildman–Crippen LogP) is 4.03. The molecule has 1 aromatic carbocycles. The number of allylic oxidation sites excluding steroid dienone is 2. The van der Waals surface area contributed by atoms with Crippen molar-refractivity contribution in [2.45, 2.75) is 51.0 Å². The van der Waals surface area contributed by atoms with E-state index < -0.39 is 0 Å². The maximum atomic E-state index is 14.0. The van der Waals surface area contributed by atoms with Crippen molar-refractivity contribution in [2.75, 3.05) is 44.2 Å². The van der Waals surface area contributed by atoms with Crippen LogP contribution in [-0.4, -0.2) is 67.0 Å². The smallest absolute Gasteiger partial charge is 0.233 e. The highest BCUT2D eigenvalue weighted by Crippen LogP contribution is 2.35. The first-order valence-electron chi connectivity index (χ1n) is 12.5. The molecule has 2 unspecified atom stereocenters. The predicted molar refractivity (Wildman–Crippen MR) is 132 cm³/mol. The van der Waals surface area contributed by atoms with Gasteiger partial charge in [0.15, 0.2) is 0 Å². The van der Waals surface area contributed by atoms with Crippen molar-refractivity contribution in [3.63, 3.8) is 0 Å². The summed E-state index contributed by atoms with van der Waals surface area (Å²) in [5, 5.41) is 0. The fraction of sp³-hybridized carbons (Fsp3) is 0.615. The summed E-state index contributed by atoms with van der Waals surface area (Å²) in [6, 6.07) is 4.85. The third-order valence-electron chi connectivity index (χ3n) is 7.68. The number of rotatable bonds is 7. The van der Waals surface area contributed by atoms with Crippen LogP contribution in [-0.2, 0) is 9.59 Å². The quantitative estimate of drug-likeness (QED) is 0.426. The molecule has 0 aromatic heterocycles. The Kier molecular flexibility index (Phi) is 8.14. The molecular weight excluding hydrogens is 457 g/mol. The van der Waals surface area contributed by atoms with Gasteiger partial charge in [-0.25, -0.2) is 4.39 Å². The van der Waals surface area contributed by atoms with Crippen LogP contribution in [0.5, 0.6) is 5.75 Å². The number of carbonyl (C=O) groups is 2. The molecule has 3 fully saturated rings. The van der Waals surface area contributed by atoms with Crippen LogP contribution in [0.15, 0.2) is 30.4 Å². The molecule has 0 spiro atoms. The van der Waals surface area contributed by atoms with Crippen LogP contribution in [0, 0.1) is 17.7 Å². The molecule has 8 heteroatoms. The third kappa shape index (κ3) is 5.25. The summed E-state index contributed by atoms with van der Waals surface area (Å²) in [4.78, 5) is 31.3. The van der Waals surface area contributed by atoms with Crippen molar-refractivity contribution >= 4 is 29.9 Å². The van der Waals surface area contributed by atoms with Crippen LogP contribution < -0.4 is 9.64 Å². The van der Waals surface area contributed by atoms with E-state index in [0.717, 1.165) is 63.4 Å². The molecule has 6 nitrogen and oxygen atoms in total. The van der Waals surface area contributed by atoms with Crippen molar-refractivity contribution in [3.8, 4) is 5.75 Å². The summed E-state index contributed by atoms with van der Waals surface area (Å²) in [6.45, 7) is 4.72. The number of piperazine rings is 1. The lowest BCUT2D eigenvalue weighted by Crippen LogP contribution is -2.47. The van der Waals surface area contributed by atoms with Gasteiger partial charge in [-0.15, -0.1) is 12.4 Å². The van der Waals surface area contributed by atoms with E-state index in [-0.39, 0.29) is 48.0 Å². The van der Waals surface area contributed by atoms with Crippen molar-refractivity contribution in [3.05, 3.63) is 36.2 Å². The van der Waals surface area contributed by atoms with E-state index in [1.165, 1.54) is 23.8 Å². The molecule has 2 heterocycles. The molecule has 2 aliphatic heterocycles. The normalized spacial score (nSPS) is 25.6. The molecule has 2 amide bonds. The maximum absolute atomic E-state index is 14.0. The second-order valence-corrected chi connectivity index (χ2v) is 9.80. The van der Waals surface area contributed by atoms with Gasteiger partial charge < -0.3 is 9.64 Å². The van der Waals surface area contributed by atoms with Gasteiger partial charge in [0.25, 0.3) is 0 Å². The Morgan fingerprint density at radius 3 is 2.21 bits per heavy atom. The Bertz CT molecular complexity index is 887. The van der Waals surface area contributed by atoms with Crippen LogP contribution in [0.4, 0.5) is 10.1 Å². The number of hydrogen-bond donors (Lipinski definition) is 0. The van der Waals surface area contributed by atoms with Gasteiger partial charge in [0, 0.05) is 38.8 Å². The van der Waals surface area contributed by atoms with Crippen molar-refractivity contribution in [1.29, 1.82) is 0 Å². The van der Waals surface area contributed by atoms with Crippen LogP contribution in [0.25, 0.3) is 0 Å². The molecule has 2 saturated heterocycles. The monoisotopic (exact) mass is 491 g/mol. The van der Waals surface area contributed by atoms with E-state index in [1.807, 2.05) is 12.2 Å². The lowest BCUT2D eigenvalue weighted by Gasteiger charge is -2.37. The van der Waals surface area contributed by atoms with Crippen molar-refractivity contribution in [2.24, 2.45) is 11.8 Å². The largest absolute Gasteiger partial charge is 0.488 e. The summed E-state index contributed by atoms with van der Waals surface area (Å²) < 4.78 is 20.3. The molecule has 0 N–H and O–H groups in total. The Hall–Kier alpha value is -2.12. The van der Waals surface area contributed by atoms with Crippen LogP contribution in [0.3, 0.4) is 0 Å². The van der Waals surface area contributed by atoms with E-state index in [2.05, 4.69) is 9.80 Å². The Morgan fingerprint density at radius 2 is 1.56 bits per heavy atom. The number of hydrogen-bond acceptors (Lipinski definition) is 5. The van der Waals surface area contributed by atoms with Gasteiger partial charge in [0.1, 0.15) is 11.6 Å². The van der Waals surface area contributed by atoms with Crippen LogP contribution in [0.2, 0.25) is 0 Å². The van der Waals surface area contributed by atoms with E-state index in [9.17, 15) is 14.0 Å². The number of ether oxygens (including phenoxy) is 1. The fourth-order valence-corrected chi connectivity index (χ4v) is 5.78. The first-order chi connectivity index (χ1) is 16.1. The van der Waals surface area contributed by atoms with Gasteiger partial charge in [0.05, 0.1) is 23.6 Å². The number of halogens is 2. The lowest BCUT2D eigenvalue weighted by atomic mass is 9.85. The standard InChI is InChI=1S/C26H34FN3O3.ClH/c27-19-10-11-24(33-20-6-1-2-7-20)23(18-19)29-16-14-28(15-17-29)12-5-13-30-25(31)21-8-3-4-9-22(21)26(30)32;/h3-4,10-11,18,20-22H,1-2,5-9,12-17H2;1H. The molecule has 5 rings (SSSR count). The zero-order valence-corrected chi connectivity index (χ0v) is 20.5. The van der Waals surface area contributed by atoms with Gasteiger partial charge in [-0.3, -0.25) is 19.4 Å². The van der Waals surface area contributed by atoms with Gasteiger partial charge in [-0.2, -0.15) is 0 Å². The van der Waals surface area contributed by atoms with Crippen LogP contribution >= 0.6 is 12.4 Å². The lowest BCUT2D eigenvalue weighted by molar-refractivity contribution is -0.140. The zero-order valence-electron chi connectivity index (χ0n) is 19.7. The Labute approximate surface area is 207 Å². The second kappa shape index (κ2) is 11.1. The molecule has 2 atom stereocenters. The minimum Gasteiger partial charge on any atom is -0.488 e. The molecule has 2 aliphatic carbocycles. The highest BCUT2D eigenvalue weighted by Gasteiger charge is 2.46. The average Bonchev–Trinajstić information content (AvgIpc) is 3.43. The highest BCUT2D eigenvalue weighted by atomic mass is 35.5. The van der Waals surface area contributed by atoms with Gasteiger partial charge >= 0.3 is 0 Å². The fourth-order valence-electron chi connectivity index (χ4n) is 5.78. The van der Waals surface area contributed by atoms with Crippen molar-refractivity contribution < 1.29 is 18.7 Å². The third-order valence-corrected chi connectivity index (χ3v) is 7.68. The highest BCUT2D eigenvalue weighted by molar-refractivity contribution is 6.05. The molecule has 34 heavy (non-hydrogen) atoms. The van der Waals surface area contributed by atoms with Gasteiger partial charge in [0.2, 0.25) is 11.8 Å². The molecule has 186 valence electrons. The summed E-state index contributed by atoms with van der Waals surface area (Å²) in [6.07, 6.45) is 11.0. The summed E-state index contributed by atoms with van der Waals surface area (Å²) in [5.41, 5.74) is 0.853. The number of imide groups is 1. The molecule has 1 aromatic rings. The van der Waals surface area contributed by atoms with E-state index in [4.69, 9.17) is 4.74 Å². The van der Waals surface area contributed by atoms with E-state index in [1.54, 1.807) is 12.1 Å².